The molecule has 1 aromatic carbocycles. The number of aromatic nitrogens is 1. The van der Waals surface area contributed by atoms with Crippen molar-refractivity contribution in [2.75, 3.05) is 11.9 Å². The Balaban J connectivity index is 1.76. The summed E-state index contributed by atoms with van der Waals surface area (Å²) in [6.07, 6.45) is 1.91. The number of likely N-dealkylation sites (tertiary alicyclic amines) is 1. The van der Waals surface area contributed by atoms with Crippen molar-refractivity contribution in [3.05, 3.63) is 46.8 Å². The lowest BCUT2D eigenvalue weighted by atomic mass is 10.1. The fourth-order valence-corrected chi connectivity index (χ4v) is 3.10. The zero-order valence-corrected chi connectivity index (χ0v) is 13.2. The van der Waals surface area contributed by atoms with Crippen LogP contribution >= 0.6 is 0 Å². The summed E-state index contributed by atoms with van der Waals surface area (Å²) in [5.74, 6) is 0.775. The van der Waals surface area contributed by atoms with E-state index in [1.54, 1.807) is 0 Å². The third-order valence-corrected chi connectivity index (χ3v) is 3.97. The van der Waals surface area contributed by atoms with E-state index in [0.29, 0.717) is 0 Å². The molecular formula is C17H21N3O2. The molecular weight excluding hydrogens is 278 g/mol. The molecule has 22 heavy (non-hydrogen) atoms. The van der Waals surface area contributed by atoms with Gasteiger partial charge in [0.1, 0.15) is 11.5 Å². The third kappa shape index (κ3) is 2.98. The summed E-state index contributed by atoms with van der Waals surface area (Å²) >= 11 is 0. The lowest BCUT2D eigenvalue weighted by Gasteiger charge is -2.23. The minimum Gasteiger partial charge on any atom is -0.361 e. The highest BCUT2D eigenvalue weighted by Crippen LogP contribution is 2.32. The van der Waals surface area contributed by atoms with Gasteiger partial charge in [0.15, 0.2) is 0 Å². The SMILES string of the molecule is Cc1cc(C)cc(NC(=O)N2CCC[C@H]2c2cc(C)on2)c1. The molecule has 5 nitrogen and oxygen atoms in total. The van der Waals surface area contributed by atoms with Gasteiger partial charge in [-0.2, -0.15) is 0 Å². The van der Waals surface area contributed by atoms with Gasteiger partial charge in [0.05, 0.1) is 6.04 Å². The van der Waals surface area contributed by atoms with Gasteiger partial charge in [-0.3, -0.25) is 0 Å². The largest absolute Gasteiger partial charge is 0.361 e. The number of urea groups is 1. The Morgan fingerprint density at radius 2 is 1.95 bits per heavy atom. The highest BCUT2D eigenvalue weighted by atomic mass is 16.5. The first kappa shape index (κ1) is 14.6. The Hall–Kier alpha value is -2.30. The van der Waals surface area contributed by atoms with E-state index in [0.717, 1.165) is 47.7 Å². The Morgan fingerprint density at radius 3 is 2.59 bits per heavy atom. The summed E-state index contributed by atoms with van der Waals surface area (Å²) in [6.45, 7) is 6.66. The average Bonchev–Trinajstić information content (AvgIpc) is 3.05. The van der Waals surface area contributed by atoms with Crippen molar-refractivity contribution in [3.8, 4) is 0 Å². The molecule has 1 fully saturated rings. The van der Waals surface area contributed by atoms with Crippen LogP contribution in [0.25, 0.3) is 0 Å². The second kappa shape index (κ2) is 5.83. The molecule has 116 valence electrons. The van der Waals surface area contributed by atoms with Crippen molar-refractivity contribution in [2.24, 2.45) is 0 Å². The summed E-state index contributed by atoms with van der Waals surface area (Å²) in [5.41, 5.74) is 3.95. The number of nitrogens with one attached hydrogen (secondary N) is 1. The van der Waals surface area contributed by atoms with Crippen molar-refractivity contribution in [2.45, 2.75) is 39.7 Å². The van der Waals surface area contributed by atoms with E-state index in [1.807, 2.05) is 43.9 Å². The molecule has 1 aromatic heterocycles. The molecule has 5 heteroatoms. The Bertz CT molecular complexity index is 673. The van der Waals surface area contributed by atoms with Gasteiger partial charge in [-0.15, -0.1) is 0 Å². The number of hydrogen-bond acceptors (Lipinski definition) is 3. The topological polar surface area (TPSA) is 58.4 Å². The minimum atomic E-state index is -0.0758. The number of anilines is 1. The van der Waals surface area contributed by atoms with Gasteiger partial charge in [-0.05, 0) is 56.9 Å². The van der Waals surface area contributed by atoms with E-state index >= 15 is 0 Å². The molecule has 1 atom stereocenters. The van der Waals surface area contributed by atoms with Crippen LogP contribution in [0.4, 0.5) is 10.5 Å². The van der Waals surface area contributed by atoms with Crippen LogP contribution in [0.5, 0.6) is 0 Å². The predicted molar refractivity (Wildman–Crippen MR) is 84.9 cm³/mol. The van der Waals surface area contributed by atoms with Crippen molar-refractivity contribution in [3.63, 3.8) is 0 Å². The Morgan fingerprint density at radius 1 is 1.23 bits per heavy atom. The van der Waals surface area contributed by atoms with E-state index < -0.39 is 0 Å². The van der Waals surface area contributed by atoms with Crippen molar-refractivity contribution < 1.29 is 9.32 Å². The summed E-state index contributed by atoms with van der Waals surface area (Å²) < 4.78 is 5.15. The van der Waals surface area contributed by atoms with Gasteiger partial charge >= 0.3 is 6.03 Å². The maximum absolute atomic E-state index is 12.6. The van der Waals surface area contributed by atoms with Crippen LogP contribution < -0.4 is 5.32 Å². The Labute approximate surface area is 130 Å². The van der Waals surface area contributed by atoms with Gasteiger partial charge in [0, 0.05) is 18.3 Å². The fourth-order valence-electron chi connectivity index (χ4n) is 3.10. The molecule has 2 heterocycles. The second-order valence-corrected chi connectivity index (χ2v) is 6.02. The van der Waals surface area contributed by atoms with Crippen LogP contribution in [0.1, 0.15) is 41.5 Å². The highest BCUT2D eigenvalue weighted by Gasteiger charge is 2.32. The second-order valence-electron chi connectivity index (χ2n) is 6.02. The van der Waals surface area contributed by atoms with Crippen LogP contribution in [0, 0.1) is 20.8 Å². The molecule has 0 spiro atoms. The molecule has 0 unspecified atom stereocenters. The first-order chi connectivity index (χ1) is 10.5. The number of nitrogens with zero attached hydrogens (tertiary/aromatic N) is 2. The van der Waals surface area contributed by atoms with Gasteiger partial charge in [-0.25, -0.2) is 4.79 Å². The smallest absolute Gasteiger partial charge is 0.322 e. The predicted octanol–water partition coefficient (Wildman–Crippen LogP) is 3.97. The van der Waals surface area contributed by atoms with Crippen LogP contribution in [0.15, 0.2) is 28.8 Å². The lowest BCUT2D eigenvalue weighted by Crippen LogP contribution is -2.34. The van der Waals surface area contributed by atoms with E-state index in [-0.39, 0.29) is 12.1 Å². The number of rotatable bonds is 2. The van der Waals surface area contributed by atoms with E-state index in [1.165, 1.54) is 0 Å². The molecule has 0 saturated carbocycles. The minimum absolute atomic E-state index is 0.00311. The first-order valence-electron chi connectivity index (χ1n) is 7.62. The van der Waals surface area contributed by atoms with E-state index in [2.05, 4.69) is 16.5 Å². The Kier molecular flexibility index (Phi) is 3.88. The van der Waals surface area contributed by atoms with Gasteiger partial charge < -0.3 is 14.7 Å². The third-order valence-electron chi connectivity index (χ3n) is 3.97. The zero-order chi connectivity index (χ0) is 15.7. The molecule has 2 amide bonds. The van der Waals surface area contributed by atoms with Gasteiger partial charge in [0.2, 0.25) is 0 Å². The summed E-state index contributed by atoms with van der Waals surface area (Å²) in [4.78, 5) is 14.4. The van der Waals surface area contributed by atoms with Crippen LogP contribution in [-0.2, 0) is 0 Å². The number of hydrogen-bond donors (Lipinski definition) is 1. The standard InChI is InChI=1S/C17H21N3O2/c1-11-7-12(2)9-14(8-11)18-17(21)20-6-4-5-16(20)15-10-13(3)22-19-15/h7-10,16H,4-6H2,1-3H3,(H,18,21)/t16-/m0/s1. The molecule has 1 saturated heterocycles. The number of benzene rings is 1. The number of amides is 2. The average molecular weight is 299 g/mol. The fraction of sp³-hybridized carbons (Fsp3) is 0.412. The maximum atomic E-state index is 12.6. The van der Waals surface area contributed by atoms with E-state index in [4.69, 9.17) is 4.52 Å². The summed E-state index contributed by atoms with van der Waals surface area (Å²) in [5, 5.41) is 7.07. The maximum Gasteiger partial charge on any atom is 0.322 e. The van der Waals surface area contributed by atoms with Crippen LogP contribution in [-0.4, -0.2) is 22.6 Å². The molecule has 1 aliphatic rings. The number of carbonyl (C=O) groups excluding carboxylic acids is 1. The van der Waals surface area contributed by atoms with Gasteiger partial charge in [0.25, 0.3) is 0 Å². The van der Waals surface area contributed by atoms with E-state index in [9.17, 15) is 4.79 Å². The zero-order valence-electron chi connectivity index (χ0n) is 13.2. The highest BCUT2D eigenvalue weighted by molar-refractivity contribution is 5.90. The quantitative estimate of drug-likeness (QED) is 0.912. The normalized spacial score (nSPS) is 17.8. The van der Waals surface area contributed by atoms with Gasteiger partial charge in [-0.1, -0.05) is 11.2 Å². The van der Waals surface area contributed by atoms with Crippen molar-refractivity contribution in [1.82, 2.24) is 10.1 Å². The van der Waals surface area contributed by atoms with Crippen molar-refractivity contribution >= 4 is 11.7 Å². The molecule has 1 N–H and O–H groups in total. The lowest BCUT2D eigenvalue weighted by molar-refractivity contribution is 0.204. The van der Waals surface area contributed by atoms with Crippen molar-refractivity contribution in [1.29, 1.82) is 0 Å². The molecule has 0 radical (unpaired) electrons. The molecule has 1 aliphatic heterocycles. The summed E-state index contributed by atoms with van der Waals surface area (Å²) in [7, 11) is 0. The molecule has 3 rings (SSSR count). The molecule has 0 bridgehead atoms. The summed E-state index contributed by atoms with van der Waals surface area (Å²) in [6, 6.07) is 7.89. The first-order valence-corrected chi connectivity index (χ1v) is 7.62. The van der Waals surface area contributed by atoms with Crippen LogP contribution in [0.3, 0.4) is 0 Å². The number of carbonyl (C=O) groups is 1. The number of aryl methyl sites for hydroxylation is 3. The van der Waals surface area contributed by atoms with Crippen LogP contribution in [0.2, 0.25) is 0 Å². The molecule has 0 aliphatic carbocycles. The monoisotopic (exact) mass is 299 g/mol. The molecule has 2 aromatic rings.